The number of piperazine rings is 1. The number of carbonyl (C=O) groups is 1. The third-order valence-corrected chi connectivity index (χ3v) is 5.17. The second kappa shape index (κ2) is 10.1. The molecule has 0 aliphatic carbocycles. The second-order valence-corrected chi connectivity index (χ2v) is 7.16. The Bertz CT molecular complexity index is 801. The van der Waals surface area contributed by atoms with Crippen molar-refractivity contribution in [3.8, 4) is 0 Å². The van der Waals surface area contributed by atoms with Crippen molar-refractivity contribution in [2.75, 3.05) is 57.7 Å². The third-order valence-electron chi connectivity index (χ3n) is 5.17. The zero-order valence-corrected chi connectivity index (χ0v) is 16.5. The van der Waals surface area contributed by atoms with Crippen LogP contribution in [-0.4, -0.2) is 73.1 Å². The number of anilines is 1. The van der Waals surface area contributed by atoms with E-state index in [1.54, 1.807) is 0 Å². The summed E-state index contributed by atoms with van der Waals surface area (Å²) in [4.78, 5) is 19.2. The fourth-order valence-corrected chi connectivity index (χ4v) is 3.55. The fourth-order valence-electron chi connectivity index (χ4n) is 3.55. The van der Waals surface area contributed by atoms with Gasteiger partial charge in [-0.15, -0.1) is 13.2 Å². The summed E-state index contributed by atoms with van der Waals surface area (Å²) in [6.45, 7) is 14.7. The highest BCUT2D eigenvalue weighted by molar-refractivity contribution is 5.93. The standard InChI is InChI=1S/C23H30N4O/c1-3-11-25(12-4-2)13-14-26-15-17-27(18-16-26)23(28)24-22-10-9-20-7-5-6-8-21(20)19-22/h3-10,19H,1-2,11-18H2,(H,24,28). The van der Waals surface area contributed by atoms with Crippen LogP contribution >= 0.6 is 0 Å². The number of hydrogen-bond acceptors (Lipinski definition) is 3. The minimum Gasteiger partial charge on any atom is -0.322 e. The van der Waals surface area contributed by atoms with Gasteiger partial charge in [0.15, 0.2) is 0 Å². The number of carbonyl (C=O) groups excluding carboxylic acids is 1. The van der Waals surface area contributed by atoms with Gasteiger partial charge in [0.05, 0.1) is 0 Å². The number of amides is 2. The molecule has 0 radical (unpaired) electrons. The SMILES string of the molecule is C=CCN(CC=C)CCN1CCN(C(=O)Nc2ccc3ccccc3c2)CC1. The van der Waals surface area contributed by atoms with E-state index in [-0.39, 0.29) is 6.03 Å². The zero-order valence-electron chi connectivity index (χ0n) is 16.5. The van der Waals surface area contributed by atoms with Crippen LogP contribution in [0.4, 0.5) is 10.5 Å². The molecule has 2 aromatic carbocycles. The Balaban J connectivity index is 1.46. The van der Waals surface area contributed by atoms with E-state index in [1.165, 1.54) is 5.39 Å². The largest absolute Gasteiger partial charge is 0.322 e. The minimum absolute atomic E-state index is 0.0186. The average Bonchev–Trinajstić information content (AvgIpc) is 2.72. The maximum atomic E-state index is 12.6. The van der Waals surface area contributed by atoms with Gasteiger partial charge in [-0.3, -0.25) is 9.80 Å². The van der Waals surface area contributed by atoms with E-state index in [9.17, 15) is 4.79 Å². The molecule has 0 aromatic heterocycles. The maximum absolute atomic E-state index is 12.6. The van der Waals surface area contributed by atoms with Gasteiger partial charge in [0, 0.05) is 58.0 Å². The number of urea groups is 1. The first-order valence-electron chi connectivity index (χ1n) is 9.91. The van der Waals surface area contributed by atoms with Crippen molar-refractivity contribution in [1.29, 1.82) is 0 Å². The smallest absolute Gasteiger partial charge is 0.321 e. The van der Waals surface area contributed by atoms with E-state index in [4.69, 9.17) is 0 Å². The molecule has 1 heterocycles. The molecular formula is C23H30N4O. The lowest BCUT2D eigenvalue weighted by Gasteiger charge is -2.35. The molecule has 0 unspecified atom stereocenters. The molecule has 3 rings (SSSR count). The van der Waals surface area contributed by atoms with Gasteiger partial charge in [0.25, 0.3) is 0 Å². The van der Waals surface area contributed by atoms with Crippen LogP contribution in [0.2, 0.25) is 0 Å². The Labute approximate surface area is 167 Å². The molecule has 1 N–H and O–H groups in total. The highest BCUT2D eigenvalue weighted by Crippen LogP contribution is 2.19. The molecule has 5 heteroatoms. The molecule has 1 saturated heterocycles. The van der Waals surface area contributed by atoms with Gasteiger partial charge < -0.3 is 10.2 Å². The first kappa shape index (κ1) is 20.1. The number of nitrogens with zero attached hydrogens (tertiary/aromatic N) is 3. The number of benzene rings is 2. The Kier molecular flexibility index (Phi) is 7.23. The molecule has 148 valence electrons. The van der Waals surface area contributed by atoms with Crippen LogP contribution in [-0.2, 0) is 0 Å². The van der Waals surface area contributed by atoms with Crippen molar-refractivity contribution in [3.63, 3.8) is 0 Å². The van der Waals surface area contributed by atoms with Crippen LogP contribution in [0.25, 0.3) is 10.8 Å². The minimum atomic E-state index is -0.0186. The van der Waals surface area contributed by atoms with Crippen molar-refractivity contribution in [2.24, 2.45) is 0 Å². The molecule has 1 aliphatic rings. The summed E-state index contributed by atoms with van der Waals surface area (Å²) in [7, 11) is 0. The Hall–Kier alpha value is -2.63. The molecule has 0 saturated carbocycles. The van der Waals surface area contributed by atoms with Gasteiger partial charge in [-0.25, -0.2) is 4.79 Å². The van der Waals surface area contributed by atoms with E-state index >= 15 is 0 Å². The van der Waals surface area contributed by atoms with Crippen molar-refractivity contribution in [1.82, 2.24) is 14.7 Å². The predicted molar refractivity (Wildman–Crippen MR) is 118 cm³/mol. The average molecular weight is 379 g/mol. The van der Waals surface area contributed by atoms with E-state index < -0.39 is 0 Å². The van der Waals surface area contributed by atoms with E-state index in [1.807, 2.05) is 47.4 Å². The summed E-state index contributed by atoms with van der Waals surface area (Å²) in [5.74, 6) is 0. The van der Waals surface area contributed by atoms with Gasteiger partial charge in [-0.1, -0.05) is 42.5 Å². The number of hydrogen-bond donors (Lipinski definition) is 1. The molecule has 5 nitrogen and oxygen atoms in total. The Morgan fingerprint density at radius 3 is 2.36 bits per heavy atom. The number of fused-ring (bicyclic) bond motifs is 1. The molecule has 0 bridgehead atoms. The van der Waals surface area contributed by atoms with Crippen molar-refractivity contribution in [3.05, 3.63) is 67.8 Å². The lowest BCUT2D eigenvalue weighted by Crippen LogP contribution is -2.51. The molecule has 2 amide bonds. The molecule has 1 fully saturated rings. The van der Waals surface area contributed by atoms with Crippen LogP contribution in [0.1, 0.15) is 0 Å². The number of nitrogens with one attached hydrogen (secondary N) is 1. The summed E-state index contributed by atoms with van der Waals surface area (Å²) in [5, 5.41) is 5.35. The first-order chi connectivity index (χ1) is 13.7. The molecule has 28 heavy (non-hydrogen) atoms. The topological polar surface area (TPSA) is 38.8 Å². The highest BCUT2D eigenvalue weighted by Gasteiger charge is 2.21. The van der Waals surface area contributed by atoms with Crippen LogP contribution in [0.3, 0.4) is 0 Å². The van der Waals surface area contributed by atoms with E-state index in [0.29, 0.717) is 0 Å². The van der Waals surface area contributed by atoms with Crippen LogP contribution in [0.5, 0.6) is 0 Å². The van der Waals surface area contributed by atoms with Crippen LogP contribution in [0.15, 0.2) is 67.8 Å². The molecular weight excluding hydrogens is 348 g/mol. The van der Waals surface area contributed by atoms with Gasteiger partial charge >= 0.3 is 6.03 Å². The lowest BCUT2D eigenvalue weighted by molar-refractivity contribution is 0.137. The normalized spacial score (nSPS) is 15.0. The van der Waals surface area contributed by atoms with Gasteiger partial charge in [-0.2, -0.15) is 0 Å². The summed E-state index contributed by atoms with van der Waals surface area (Å²) in [6, 6.07) is 14.2. The predicted octanol–water partition coefficient (Wildman–Crippen LogP) is 3.66. The maximum Gasteiger partial charge on any atom is 0.321 e. The van der Waals surface area contributed by atoms with E-state index in [0.717, 1.165) is 63.4 Å². The van der Waals surface area contributed by atoms with Crippen molar-refractivity contribution < 1.29 is 4.79 Å². The lowest BCUT2D eigenvalue weighted by atomic mass is 10.1. The quantitative estimate of drug-likeness (QED) is 0.713. The first-order valence-corrected chi connectivity index (χ1v) is 9.91. The summed E-state index contributed by atoms with van der Waals surface area (Å²) < 4.78 is 0. The van der Waals surface area contributed by atoms with Crippen molar-refractivity contribution >= 4 is 22.5 Å². The summed E-state index contributed by atoms with van der Waals surface area (Å²) >= 11 is 0. The highest BCUT2D eigenvalue weighted by atomic mass is 16.2. The van der Waals surface area contributed by atoms with E-state index in [2.05, 4.69) is 40.4 Å². The van der Waals surface area contributed by atoms with Crippen molar-refractivity contribution in [2.45, 2.75) is 0 Å². The zero-order chi connectivity index (χ0) is 19.8. The number of rotatable bonds is 8. The fraction of sp³-hybridized carbons (Fsp3) is 0.348. The van der Waals surface area contributed by atoms with Crippen LogP contribution in [0, 0.1) is 0 Å². The van der Waals surface area contributed by atoms with Crippen LogP contribution < -0.4 is 5.32 Å². The molecule has 1 aliphatic heterocycles. The van der Waals surface area contributed by atoms with Gasteiger partial charge in [-0.05, 0) is 22.9 Å². The van der Waals surface area contributed by atoms with Gasteiger partial charge in [0.2, 0.25) is 0 Å². The second-order valence-electron chi connectivity index (χ2n) is 7.16. The van der Waals surface area contributed by atoms with Gasteiger partial charge in [0.1, 0.15) is 0 Å². The monoisotopic (exact) mass is 378 g/mol. The molecule has 2 aromatic rings. The third kappa shape index (κ3) is 5.44. The summed E-state index contributed by atoms with van der Waals surface area (Å²) in [5.41, 5.74) is 0.843. The Morgan fingerprint density at radius 1 is 1.00 bits per heavy atom. The Morgan fingerprint density at radius 2 is 1.68 bits per heavy atom. The molecule has 0 spiro atoms. The molecule has 0 atom stereocenters. The summed E-state index contributed by atoms with van der Waals surface area (Å²) in [6.07, 6.45) is 3.86.